The van der Waals surface area contributed by atoms with Crippen LogP contribution in [0, 0.1) is 5.92 Å². The number of aromatic nitrogens is 2. The van der Waals surface area contributed by atoms with E-state index in [0.717, 1.165) is 44.8 Å². The zero-order chi connectivity index (χ0) is 17.8. The smallest absolute Gasteiger partial charge is 0.274 e. The van der Waals surface area contributed by atoms with Crippen LogP contribution in [0.3, 0.4) is 0 Å². The van der Waals surface area contributed by atoms with Crippen LogP contribution < -0.4 is 0 Å². The summed E-state index contributed by atoms with van der Waals surface area (Å²) in [6, 6.07) is 0.537. The first-order valence-electron chi connectivity index (χ1n) is 9.55. The number of likely N-dealkylation sites (tertiary alicyclic amines) is 1. The van der Waals surface area contributed by atoms with Gasteiger partial charge in [0, 0.05) is 45.0 Å². The molecular weight excluding hydrogens is 314 g/mol. The summed E-state index contributed by atoms with van der Waals surface area (Å²) in [6.45, 7) is 10.1. The highest BCUT2D eigenvalue weighted by Gasteiger charge is 2.24. The summed E-state index contributed by atoms with van der Waals surface area (Å²) in [5.41, 5.74) is 1.48. The van der Waals surface area contributed by atoms with Crippen molar-refractivity contribution in [3.8, 4) is 0 Å². The maximum Gasteiger partial charge on any atom is 0.274 e. The molecule has 138 valence electrons. The fraction of sp³-hybridized carbons (Fsp3) is 0.737. The first-order chi connectivity index (χ1) is 12.0. The quantitative estimate of drug-likeness (QED) is 0.828. The minimum Gasteiger partial charge on any atom is -0.335 e. The molecule has 0 unspecified atom stereocenters. The fourth-order valence-corrected chi connectivity index (χ4v) is 3.91. The van der Waals surface area contributed by atoms with E-state index < -0.39 is 0 Å². The van der Waals surface area contributed by atoms with E-state index in [4.69, 9.17) is 0 Å². The van der Waals surface area contributed by atoms with Crippen molar-refractivity contribution in [2.45, 2.75) is 39.2 Å². The van der Waals surface area contributed by atoms with Gasteiger partial charge in [0.05, 0.1) is 11.9 Å². The number of nitrogens with zero attached hydrogens (tertiary/aromatic N) is 5. The summed E-state index contributed by atoms with van der Waals surface area (Å²) in [5.74, 6) is 0.665. The van der Waals surface area contributed by atoms with Gasteiger partial charge < -0.3 is 9.80 Å². The van der Waals surface area contributed by atoms with E-state index in [0.29, 0.717) is 17.7 Å². The standard InChI is InChI=1S/C19H31N5O/c1-15(2)23-7-9-24(10-8-23)19(25)18-13-20-17(12-21-18)11-16-5-4-6-22(3)14-16/h12-13,15-16H,4-11,14H2,1-3H3/t16-/m1/s1. The molecule has 0 bridgehead atoms. The highest BCUT2D eigenvalue weighted by molar-refractivity contribution is 5.92. The van der Waals surface area contributed by atoms with Gasteiger partial charge in [0.2, 0.25) is 0 Å². The molecule has 6 heteroatoms. The molecule has 3 rings (SSSR count). The number of hydrogen-bond donors (Lipinski definition) is 0. The number of amides is 1. The molecule has 2 aliphatic rings. The van der Waals surface area contributed by atoms with E-state index in [9.17, 15) is 4.79 Å². The maximum absolute atomic E-state index is 12.6. The Kier molecular flexibility index (Phi) is 6.02. The van der Waals surface area contributed by atoms with Crippen LogP contribution in [0.5, 0.6) is 0 Å². The Bertz CT molecular complexity index is 566. The SMILES string of the molecule is CC(C)N1CCN(C(=O)c2cnc(C[C@H]3CCCN(C)C3)cn2)CC1. The van der Waals surface area contributed by atoms with Crippen LogP contribution >= 0.6 is 0 Å². The van der Waals surface area contributed by atoms with Crippen LogP contribution in [0.25, 0.3) is 0 Å². The van der Waals surface area contributed by atoms with Crippen molar-refractivity contribution in [2.24, 2.45) is 5.92 Å². The number of piperidine rings is 1. The summed E-state index contributed by atoms with van der Waals surface area (Å²) in [5, 5.41) is 0. The summed E-state index contributed by atoms with van der Waals surface area (Å²) < 4.78 is 0. The molecule has 2 fully saturated rings. The Balaban J connectivity index is 1.54. The second-order valence-corrected chi connectivity index (χ2v) is 7.79. The van der Waals surface area contributed by atoms with Gasteiger partial charge in [0.1, 0.15) is 5.69 Å². The van der Waals surface area contributed by atoms with Crippen LogP contribution in [0.2, 0.25) is 0 Å². The summed E-state index contributed by atoms with van der Waals surface area (Å²) >= 11 is 0. The van der Waals surface area contributed by atoms with E-state index in [1.54, 1.807) is 12.4 Å². The summed E-state index contributed by atoms with van der Waals surface area (Å²) in [4.78, 5) is 28.2. The van der Waals surface area contributed by atoms with Gasteiger partial charge >= 0.3 is 0 Å². The zero-order valence-corrected chi connectivity index (χ0v) is 15.8. The van der Waals surface area contributed by atoms with Gasteiger partial charge in [0.25, 0.3) is 5.91 Å². The predicted octanol–water partition coefficient (Wildman–Crippen LogP) is 1.53. The molecule has 1 aromatic rings. The van der Waals surface area contributed by atoms with Crippen molar-refractivity contribution < 1.29 is 4.79 Å². The van der Waals surface area contributed by atoms with E-state index in [-0.39, 0.29) is 5.91 Å². The molecule has 25 heavy (non-hydrogen) atoms. The van der Waals surface area contributed by atoms with E-state index in [1.165, 1.54) is 19.4 Å². The minimum atomic E-state index is 0.0138. The predicted molar refractivity (Wildman–Crippen MR) is 98.6 cm³/mol. The lowest BCUT2D eigenvalue weighted by Gasteiger charge is -2.36. The third-order valence-corrected chi connectivity index (χ3v) is 5.48. The fourth-order valence-electron chi connectivity index (χ4n) is 3.91. The van der Waals surface area contributed by atoms with Crippen LogP contribution in [0.4, 0.5) is 0 Å². The Hall–Kier alpha value is -1.53. The molecule has 0 saturated carbocycles. The molecular formula is C19H31N5O. The topological polar surface area (TPSA) is 52.6 Å². The molecule has 0 radical (unpaired) electrons. The van der Waals surface area contributed by atoms with Crippen LogP contribution in [0.15, 0.2) is 12.4 Å². The van der Waals surface area contributed by atoms with E-state index >= 15 is 0 Å². The van der Waals surface area contributed by atoms with Crippen LogP contribution in [0.1, 0.15) is 42.9 Å². The molecule has 0 N–H and O–H groups in total. The molecule has 1 aromatic heterocycles. The van der Waals surface area contributed by atoms with Gasteiger partial charge in [-0.3, -0.25) is 14.7 Å². The lowest BCUT2D eigenvalue weighted by atomic mass is 9.94. The van der Waals surface area contributed by atoms with Crippen molar-refractivity contribution in [3.05, 3.63) is 23.8 Å². The lowest BCUT2D eigenvalue weighted by Crippen LogP contribution is -2.50. The first kappa shape index (κ1) is 18.3. The van der Waals surface area contributed by atoms with Gasteiger partial charge in [-0.25, -0.2) is 4.98 Å². The van der Waals surface area contributed by atoms with Crippen molar-refractivity contribution >= 4 is 5.91 Å². The monoisotopic (exact) mass is 345 g/mol. The Morgan fingerprint density at radius 3 is 2.52 bits per heavy atom. The van der Waals surface area contributed by atoms with Crippen molar-refractivity contribution in [3.63, 3.8) is 0 Å². The zero-order valence-electron chi connectivity index (χ0n) is 15.8. The second kappa shape index (κ2) is 8.23. The normalized spacial score (nSPS) is 23.2. The number of piperazine rings is 1. The van der Waals surface area contributed by atoms with Crippen LogP contribution in [-0.4, -0.2) is 82.9 Å². The Labute approximate surface area is 151 Å². The Morgan fingerprint density at radius 1 is 1.16 bits per heavy atom. The average molecular weight is 345 g/mol. The summed E-state index contributed by atoms with van der Waals surface area (Å²) in [7, 11) is 2.18. The molecule has 0 aliphatic carbocycles. The number of hydrogen-bond acceptors (Lipinski definition) is 5. The lowest BCUT2D eigenvalue weighted by molar-refractivity contribution is 0.0589. The molecule has 2 aliphatic heterocycles. The number of carbonyl (C=O) groups excluding carboxylic acids is 1. The highest BCUT2D eigenvalue weighted by Crippen LogP contribution is 2.19. The molecule has 3 heterocycles. The first-order valence-corrected chi connectivity index (χ1v) is 9.55. The van der Waals surface area contributed by atoms with Crippen molar-refractivity contribution in [2.75, 3.05) is 46.3 Å². The molecule has 1 atom stereocenters. The summed E-state index contributed by atoms with van der Waals surface area (Å²) in [6.07, 6.45) is 6.93. The van der Waals surface area contributed by atoms with Crippen LogP contribution in [-0.2, 0) is 6.42 Å². The van der Waals surface area contributed by atoms with E-state index in [1.807, 2.05) is 4.90 Å². The highest BCUT2D eigenvalue weighted by atomic mass is 16.2. The van der Waals surface area contributed by atoms with Crippen molar-refractivity contribution in [1.29, 1.82) is 0 Å². The van der Waals surface area contributed by atoms with Crippen molar-refractivity contribution in [1.82, 2.24) is 24.7 Å². The number of rotatable bonds is 4. The van der Waals surface area contributed by atoms with Gasteiger partial charge in [-0.2, -0.15) is 0 Å². The third-order valence-electron chi connectivity index (χ3n) is 5.48. The largest absolute Gasteiger partial charge is 0.335 e. The molecule has 2 saturated heterocycles. The third kappa shape index (κ3) is 4.76. The van der Waals surface area contributed by atoms with Gasteiger partial charge in [0.15, 0.2) is 0 Å². The molecule has 0 spiro atoms. The maximum atomic E-state index is 12.6. The average Bonchev–Trinajstić information content (AvgIpc) is 2.62. The van der Waals surface area contributed by atoms with Gasteiger partial charge in [-0.15, -0.1) is 0 Å². The Morgan fingerprint density at radius 2 is 1.92 bits per heavy atom. The van der Waals surface area contributed by atoms with Gasteiger partial charge in [-0.1, -0.05) is 0 Å². The second-order valence-electron chi connectivity index (χ2n) is 7.79. The molecule has 1 amide bonds. The number of carbonyl (C=O) groups is 1. The molecule has 0 aromatic carbocycles. The van der Waals surface area contributed by atoms with E-state index in [2.05, 4.69) is 40.7 Å². The van der Waals surface area contributed by atoms with Gasteiger partial charge in [-0.05, 0) is 52.6 Å². The molecule has 6 nitrogen and oxygen atoms in total. The minimum absolute atomic E-state index is 0.0138.